The molecule has 2 aromatic rings. The predicted molar refractivity (Wildman–Crippen MR) is 159 cm³/mol. The van der Waals surface area contributed by atoms with Gasteiger partial charge in [-0.15, -0.1) is 0 Å². The normalized spacial score (nSPS) is 39.5. The standard InChI is InChI=1S/C36H40O7/c1-34-14-13-26(39)16-25(34)11-12-27-28-17-31-36(30(41)20-38,35(28,2)18-29(40)32(27)34)43-33(42-31)24-9-7-22(8-10-24)15-21-3-5-23(19-37)6-4-21/h3-10,13-14,16,27-29,31-33,37-38,40H,11-12,15,17-20H2,1-2H3/t27-,28-,29-,31+,32+,33+,34-,35-,36+/m0/s1. The number of aliphatic hydroxyl groups is 3. The van der Waals surface area contributed by atoms with Gasteiger partial charge in [0.05, 0.1) is 18.8 Å². The van der Waals surface area contributed by atoms with E-state index in [0.717, 1.165) is 47.1 Å². The van der Waals surface area contributed by atoms with Crippen molar-refractivity contribution in [2.45, 2.75) is 76.7 Å². The van der Waals surface area contributed by atoms with Crippen LogP contribution in [0.5, 0.6) is 0 Å². The van der Waals surface area contributed by atoms with Crippen LogP contribution in [0.2, 0.25) is 0 Å². The number of benzene rings is 2. The van der Waals surface area contributed by atoms with Crippen molar-refractivity contribution in [3.63, 3.8) is 0 Å². The molecule has 43 heavy (non-hydrogen) atoms. The summed E-state index contributed by atoms with van der Waals surface area (Å²) in [7, 11) is 0. The van der Waals surface area contributed by atoms with Crippen LogP contribution in [0, 0.1) is 28.6 Å². The second-order valence-corrected chi connectivity index (χ2v) is 13.7. The van der Waals surface area contributed by atoms with Crippen molar-refractivity contribution >= 4 is 11.6 Å². The zero-order valence-corrected chi connectivity index (χ0v) is 24.7. The van der Waals surface area contributed by atoms with Crippen LogP contribution in [0.25, 0.3) is 0 Å². The number of carbonyl (C=O) groups is 2. The molecule has 3 saturated carbocycles. The topological polar surface area (TPSA) is 113 Å². The van der Waals surface area contributed by atoms with Crippen LogP contribution in [0.4, 0.5) is 0 Å². The number of fused-ring (bicyclic) bond motifs is 7. The molecule has 2 aromatic carbocycles. The van der Waals surface area contributed by atoms with E-state index in [4.69, 9.17) is 9.47 Å². The quantitative estimate of drug-likeness (QED) is 0.462. The van der Waals surface area contributed by atoms with Crippen LogP contribution in [0.15, 0.2) is 72.3 Å². The summed E-state index contributed by atoms with van der Waals surface area (Å²) >= 11 is 0. The molecule has 0 bridgehead atoms. The molecule has 7 rings (SSSR count). The molecule has 4 aliphatic carbocycles. The minimum Gasteiger partial charge on any atom is -0.393 e. The maximum absolute atomic E-state index is 13.7. The second-order valence-electron chi connectivity index (χ2n) is 13.7. The van der Waals surface area contributed by atoms with Gasteiger partial charge in [0.1, 0.15) is 6.61 Å². The number of hydrogen-bond acceptors (Lipinski definition) is 7. The molecule has 4 fully saturated rings. The number of aliphatic hydroxyl groups excluding tert-OH is 3. The zero-order valence-electron chi connectivity index (χ0n) is 24.7. The van der Waals surface area contributed by atoms with Gasteiger partial charge in [0, 0.05) is 22.3 Å². The van der Waals surface area contributed by atoms with Gasteiger partial charge >= 0.3 is 0 Å². The molecule has 1 heterocycles. The lowest BCUT2D eigenvalue weighted by atomic mass is 9.46. The molecule has 3 N–H and O–H groups in total. The Morgan fingerprint density at radius 1 is 1.00 bits per heavy atom. The third-order valence-electron chi connectivity index (χ3n) is 11.7. The Bertz CT molecular complexity index is 1490. The van der Waals surface area contributed by atoms with Gasteiger partial charge in [-0.25, -0.2) is 0 Å². The van der Waals surface area contributed by atoms with E-state index in [2.05, 4.69) is 13.8 Å². The fourth-order valence-electron chi connectivity index (χ4n) is 9.63. The van der Waals surface area contributed by atoms with E-state index in [1.165, 1.54) is 0 Å². The van der Waals surface area contributed by atoms with Gasteiger partial charge in [-0.05, 0) is 72.8 Å². The summed E-state index contributed by atoms with van der Waals surface area (Å²) in [6.45, 7) is 3.55. The molecule has 1 saturated heterocycles. The minimum absolute atomic E-state index is 0.00142. The molecular formula is C36H40O7. The molecule has 0 amide bonds. The Hall–Kier alpha value is -2.94. The zero-order chi connectivity index (χ0) is 30.1. The van der Waals surface area contributed by atoms with Crippen molar-refractivity contribution in [1.29, 1.82) is 0 Å². The first-order chi connectivity index (χ1) is 20.6. The third-order valence-corrected chi connectivity index (χ3v) is 11.7. The Morgan fingerprint density at radius 2 is 1.67 bits per heavy atom. The highest BCUT2D eigenvalue weighted by Crippen LogP contribution is 2.70. The van der Waals surface area contributed by atoms with Crippen LogP contribution in [0.3, 0.4) is 0 Å². The van der Waals surface area contributed by atoms with Gasteiger partial charge in [-0.3, -0.25) is 9.59 Å². The Labute approximate surface area is 252 Å². The van der Waals surface area contributed by atoms with E-state index in [-0.39, 0.29) is 35.9 Å². The van der Waals surface area contributed by atoms with Gasteiger partial charge < -0.3 is 24.8 Å². The third kappa shape index (κ3) is 4.20. The SMILES string of the molecule is C[C@]12C=CC(=O)C=C1CC[C@@H]1[C@@H]2[C@@H](O)C[C@@]2(C)[C@H]1C[C@H]1O[C@@H](c3ccc(Cc4ccc(CO)cc4)cc3)O[C@]12C(=O)CO. The molecule has 9 atom stereocenters. The average Bonchev–Trinajstić information content (AvgIpc) is 3.50. The first-order valence-electron chi connectivity index (χ1n) is 15.5. The van der Waals surface area contributed by atoms with Gasteiger partial charge in [-0.2, -0.15) is 0 Å². The van der Waals surface area contributed by atoms with E-state index < -0.39 is 41.5 Å². The summed E-state index contributed by atoms with van der Waals surface area (Å²) in [5, 5.41) is 31.3. The first-order valence-corrected chi connectivity index (χ1v) is 15.5. The highest BCUT2D eigenvalue weighted by molar-refractivity contribution is 6.01. The van der Waals surface area contributed by atoms with Crippen molar-refractivity contribution in [2.75, 3.05) is 6.61 Å². The largest absolute Gasteiger partial charge is 0.393 e. The summed E-state index contributed by atoms with van der Waals surface area (Å²) in [6.07, 6.45) is 6.69. The number of rotatable bonds is 6. The fraction of sp³-hybridized carbons (Fsp3) is 0.500. The number of Topliss-reactive ketones (excluding diaryl/α,β-unsaturated/α-hetero) is 1. The smallest absolute Gasteiger partial charge is 0.193 e. The Balaban J connectivity index is 1.16. The van der Waals surface area contributed by atoms with E-state index in [9.17, 15) is 24.9 Å². The molecule has 1 aliphatic heterocycles. The highest BCUT2D eigenvalue weighted by Gasteiger charge is 2.75. The maximum Gasteiger partial charge on any atom is 0.193 e. The number of ether oxygens (including phenoxy) is 2. The fourth-order valence-corrected chi connectivity index (χ4v) is 9.63. The lowest BCUT2D eigenvalue weighted by Crippen LogP contribution is -2.63. The number of ketones is 2. The van der Waals surface area contributed by atoms with Gasteiger partial charge in [0.15, 0.2) is 23.5 Å². The van der Waals surface area contributed by atoms with E-state index in [1.54, 1.807) is 12.2 Å². The number of carbonyl (C=O) groups excluding carboxylic acids is 2. The van der Waals surface area contributed by atoms with Crippen LogP contribution in [0.1, 0.15) is 68.1 Å². The summed E-state index contributed by atoms with van der Waals surface area (Å²) in [4.78, 5) is 25.9. The van der Waals surface area contributed by atoms with Crippen LogP contribution in [-0.4, -0.2) is 51.3 Å². The van der Waals surface area contributed by atoms with Crippen molar-refractivity contribution in [2.24, 2.45) is 28.6 Å². The molecule has 5 aliphatic rings. The van der Waals surface area contributed by atoms with Gasteiger partial charge in [0.2, 0.25) is 0 Å². The van der Waals surface area contributed by atoms with E-state index in [0.29, 0.717) is 12.8 Å². The molecule has 0 aromatic heterocycles. The summed E-state index contributed by atoms with van der Waals surface area (Å²) < 4.78 is 13.3. The van der Waals surface area contributed by atoms with Crippen molar-refractivity contribution in [3.8, 4) is 0 Å². The lowest BCUT2D eigenvalue weighted by Gasteiger charge is -2.59. The Morgan fingerprint density at radius 3 is 2.35 bits per heavy atom. The molecule has 226 valence electrons. The average molecular weight is 585 g/mol. The minimum atomic E-state index is -1.36. The van der Waals surface area contributed by atoms with Crippen molar-refractivity contribution in [3.05, 3.63) is 94.6 Å². The number of hydrogen-bond donors (Lipinski definition) is 3. The highest BCUT2D eigenvalue weighted by atomic mass is 16.7. The van der Waals surface area contributed by atoms with Crippen LogP contribution in [-0.2, 0) is 32.1 Å². The summed E-state index contributed by atoms with van der Waals surface area (Å²) in [5.74, 6) is -0.269. The van der Waals surface area contributed by atoms with Crippen molar-refractivity contribution in [1.82, 2.24) is 0 Å². The van der Waals surface area contributed by atoms with Gasteiger partial charge in [-0.1, -0.05) is 74.0 Å². The monoisotopic (exact) mass is 584 g/mol. The summed E-state index contributed by atoms with van der Waals surface area (Å²) in [5.41, 5.74) is 2.55. The lowest BCUT2D eigenvalue weighted by molar-refractivity contribution is -0.201. The van der Waals surface area contributed by atoms with Crippen LogP contribution < -0.4 is 0 Å². The maximum atomic E-state index is 13.7. The van der Waals surface area contributed by atoms with E-state index >= 15 is 0 Å². The number of allylic oxidation sites excluding steroid dienone is 4. The molecule has 0 radical (unpaired) electrons. The molecule has 7 nitrogen and oxygen atoms in total. The first kappa shape index (κ1) is 28.8. The summed E-state index contributed by atoms with van der Waals surface area (Å²) in [6, 6.07) is 15.9. The second kappa shape index (κ2) is 10.3. The van der Waals surface area contributed by atoms with Crippen LogP contribution >= 0.6 is 0 Å². The predicted octanol–water partition coefficient (Wildman–Crippen LogP) is 4.37. The molecular weight excluding hydrogens is 544 g/mol. The molecule has 0 unspecified atom stereocenters. The van der Waals surface area contributed by atoms with Gasteiger partial charge in [0.25, 0.3) is 0 Å². The van der Waals surface area contributed by atoms with Crippen molar-refractivity contribution < 1.29 is 34.4 Å². The molecule has 0 spiro atoms. The molecule has 7 heteroatoms. The Kier molecular flexibility index (Phi) is 6.91. The van der Waals surface area contributed by atoms with E-state index in [1.807, 2.05) is 54.6 Å².